The van der Waals surface area contributed by atoms with Gasteiger partial charge in [0.25, 0.3) is 10.0 Å². The molecule has 0 fully saturated rings. The number of hydrogen-bond acceptors (Lipinski definition) is 6. The maximum absolute atomic E-state index is 12.9. The van der Waals surface area contributed by atoms with Gasteiger partial charge in [-0.1, -0.05) is 42.0 Å². The van der Waals surface area contributed by atoms with E-state index in [2.05, 4.69) is 9.82 Å². The number of anilines is 1. The van der Waals surface area contributed by atoms with Gasteiger partial charge < -0.3 is 5.11 Å². The summed E-state index contributed by atoms with van der Waals surface area (Å²) in [5.41, 5.74) is 6.39. The second-order valence-corrected chi connectivity index (χ2v) is 13.1. The molecule has 0 aliphatic heterocycles. The summed E-state index contributed by atoms with van der Waals surface area (Å²) in [6, 6.07) is 20.4. The van der Waals surface area contributed by atoms with Crippen LogP contribution < -0.4 is 4.72 Å². The third-order valence-electron chi connectivity index (χ3n) is 6.37. The average Bonchev–Trinajstić information content (AvgIpc) is 3.17. The SMILES string of the molecule is Cc1ccc(S(=O)(=O)N(CCc2ccc(-n3nc(C)c(-c4ccc(NS(C)(=O)=O)cc4)c3C)cc2)C(=O)O)cc1. The van der Waals surface area contributed by atoms with Crippen molar-refractivity contribution in [3.05, 3.63) is 95.3 Å². The zero-order chi connectivity index (χ0) is 29.2. The van der Waals surface area contributed by atoms with Gasteiger partial charge in [-0.25, -0.2) is 30.6 Å². The minimum absolute atomic E-state index is 0.0718. The summed E-state index contributed by atoms with van der Waals surface area (Å²) in [6.07, 6.45) is -0.235. The summed E-state index contributed by atoms with van der Waals surface area (Å²) < 4.78 is 53.5. The van der Waals surface area contributed by atoms with Crippen LogP contribution in [-0.4, -0.2) is 54.9 Å². The summed E-state index contributed by atoms with van der Waals surface area (Å²) in [7, 11) is -7.57. The van der Waals surface area contributed by atoms with Crippen LogP contribution in [0.4, 0.5) is 10.5 Å². The van der Waals surface area contributed by atoms with Crippen LogP contribution in [0.15, 0.2) is 77.7 Å². The van der Waals surface area contributed by atoms with E-state index in [1.165, 1.54) is 12.1 Å². The van der Waals surface area contributed by atoms with Crippen LogP contribution in [0.2, 0.25) is 0 Å². The Morgan fingerprint density at radius 2 is 1.50 bits per heavy atom. The minimum atomic E-state index is -4.20. The van der Waals surface area contributed by atoms with Crippen molar-refractivity contribution in [3.63, 3.8) is 0 Å². The molecule has 2 N–H and O–H groups in total. The first-order chi connectivity index (χ1) is 18.8. The van der Waals surface area contributed by atoms with Crippen molar-refractivity contribution in [2.24, 2.45) is 0 Å². The highest BCUT2D eigenvalue weighted by Crippen LogP contribution is 2.30. The molecule has 0 radical (unpaired) electrons. The Labute approximate surface area is 234 Å². The number of hydrogen-bond donors (Lipinski definition) is 2. The molecule has 1 amide bonds. The summed E-state index contributed by atoms with van der Waals surface area (Å²) in [6.45, 7) is 5.43. The predicted octanol–water partition coefficient (Wildman–Crippen LogP) is 4.75. The summed E-state index contributed by atoms with van der Waals surface area (Å²) >= 11 is 0. The minimum Gasteiger partial charge on any atom is -0.464 e. The summed E-state index contributed by atoms with van der Waals surface area (Å²) in [4.78, 5) is 11.7. The molecule has 12 heteroatoms. The largest absolute Gasteiger partial charge is 0.464 e. The highest BCUT2D eigenvalue weighted by Gasteiger charge is 2.28. The maximum Gasteiger partial charge on any atom is 0.421 e. The lowest BCUT2D eigenvalue weighted by Gasteiger charge is -2.19. The van der Waals surface area contributed by atoms with Crippen LogP contribution >= 0.6 is 0 Å². The number of carbonyl (C=O) groups is 1. The van der Waals surface area contributed by atoms with Crippen molar-refractivity contribution < 1.29 is 26.7 Å². The number of benzene rings is 3. The zero-order valence-electron chi connectivity index (χ0n) is 22.5. The van der Waals surface area contributed by atoms with E-state index in [0.29, 0.717) is 9.99 Å². The Morgan fingerprint density at radius 1 is 0.900 bits per heavy atom. The first-order valence-electron chi connectivity index (χ1n) is 12.3. The molecule has 0 bridgehead atoms. The number of sulfonamides is 2. The Hall–Kier alpha value is -4.16. The highest BCUT2D eigenvalue weighted by atomic mass is 32.2. The van der Waals surface area contributed by atoms with Crippen LogP contribution in [-0.2, 0) is 26.5 Å². The lowest BCUT2D eigenvalue weighted by molar-refractivity contribution is 0.172. The fourth-order valence-electron chi connectivity index (χ4n) is 4.42. The number of rotatable bonds is 9. The quantitative estimate of drug-likeness (QED) is 0.290. The normalized spacial score (nSPS) is 11.8. The first kappa shape index (κ1) is 28.8. The van der Waals surface area contributed by atoms with Crippen LogP contribution in [0.3, 0.4) is 0 Å². The van der Waals surface area contributed by atoms with Gasteiger partial charge in [-0.15, -0.1) is 0 Å². The second-order valence-electron chi connectivity index (χ2n) is 9.50. The van der Waals surface area contributed by atoms with Crippen LogP contribution in [0.1, 0.15) is 22.5 Å². The van der Waals surface area contributed by atoms with Gasteiger partial charge in [-0.2, -0.15) is 5.10 Å². The number of carboxylic acid groups (broad SMARTS) is 1. The van der Waals surface area contributed by atoms with Crippen molar-refractivity contribution in [2.45, 2.75) is 32.1 Å². The number of amides is 1. The van der Waals surface area contributed by atoms with Crippen molar-refractivity contribution in [3.8, 4) is 16.8 Å². The molecule has 3 aromatic carbocycles. The molecule has 210 valence electrons. The van der Waals surface area contributed by atoms with E-state index in [9.17, 15) is 26.7 Å². The van der Waals surface area contributed by atoms with E-state index in [1.54, 1.807) is 28.9 Å². The van der Waals surface area contributed by atoms with Crippen LogP contribution in [0, 0.1) is 20.8 Å². The van der Waals surface area contributed by atoms with E-state index in [1.807, 2.05) is 57.2 Å². The molecule has 4 aromatic rings. The molecular formula is C28H30N4O6S2. The third-order valence-corrected chi connectivity index (χ3v) is 8.77. The predicted molar refractivity (Wildman–Crippen MR) is 154 cm³/mol. The number of aromatic nitrogens is 2. The molecule has 1 heterocycles. The Kier molecular flexibility index (Phi) is 8.03. The van der Waals surface area contributed by atoms with E-state index in [-0.39, 0.29) is 17.9 Å². The lowest BCUT2D eigenvalue weighted by Crippen LogP contribution is -2.37. The van der Waals surface area contributed by atoms with E-state index in [0.717, 1.165) is 45.6 Å². The molecule has 0 unspecified atom stereocenters. The molecule has 1 aromatic heterocycles. The van der Waals surface area contributed by atoms with Gasteiger partial charge >= 0.3 is 6.09 Å². The molecule has 0 saturated carbocycles. The van der Waals surface area contributed by atoms with Gasteiger partial charge in [0.05, 0.1) is 22.5 Å². The summed E-state index contributed by atoms with van der Waals surface area (Å²) in [5, 5.41) is 14.3. The summed E-state index contributed by atoms with van der Waals surface area (Å²) in [5.74, 6) is 0. The smallest absolute Gasteiger partial charge is 0.421 e. The molecule has 0 atom stereocenters. The second kappa shape index (κ2) is 11.1. The monoisotopic (exact) mass is 582 g/mol. The molecule has 0 saturated heterocycles. The van der Waals surface area contributed by atoms with Gasteiger partial charge in [0.15, 0.2) is 0 Å². The van der Waals surface area contributed by atoms with Crippen LogP contribution in [0.25, 0.3) is 16.8 Å². The fourth-order valence-corrected chi connectivity index (χ4v) is 6.26. The zero-order valence-corrected chi connectivity index (χ0v) is 24.1. The molecule has 40 heavy (non-hydrogen) atoms. The topological polar surface area (TPSA) is 139 Å². The maximum atomic E-state index is 12.9. The molecule has 0 spiro atoms. The van der Waals surface area contributed by atoms with Crippen molar-refractivity contribution in [2.75, 3.05) is 17.5 Å². The average molecular weight is 583 g/mol. The van der Waals surface area contributed by atoms with Crippen molar-refractivity contribution >= 4 is 31.8 Å². The number of nitrogens with one attached hydrogen (secondary N) is 1. The Balaban J connectivity index is 1.51. The number of nitrogens with zero attached hydrogens (tertiary/aromatic N) is 3. The first-order valence-corrected chi connectivity index (χ1v) is 15.7. The Bertz CT molecular complexity index is 1750. The molecule has 0 aliphatic rings. The number of aryl methyl sites for hydroxylation is 2. The van der Waals surface area contributed by atoms with Gasteiger partial charge in [0.2, 0.25) is 10.0 Å². The Morgan fingerprint density at radius 3 is 2.05 bits per heavy atom. The highest BCUT2D eigenvalue weighted by molar-refractivity contribution is 7.92. The van der Waals surface area contributed by atoms with E-state index < -0.39 is 26.1 Å². The fraction of sp³-hybridized carbons (Fsp3) is 0.214. The molecule has 0 aliphatic carbocycles. The van der Waals surface area contributed by atoms with Gasteiger partial charge in [0, 0.05) is 23.5 Å². The van der Waals surface area contributed by atoms with Crippen molar-refractivity contribution in [1.29, 1.82) is 0 Å². The van der Waals surface area contributed by atoms with Gasteiger partial charge in [-0.05, 0) is 74.7 Å². The van der Waals surface area contributed by atoms with Crippen molar-refractivity contribution in [1.82, 2.24) is 14.1 Å². The molecule has 10 nitrogen and oxygen atoms in total. The van der Waals surface area contributed by atoms with Gasteiger partial charge in [-0.3, -0.25) is 4.72 Å². The standard InChI is InChI=1S/C28H30N4O6S2/c1-19-5-15-26(16-6-19)40(37,38)31(28(33)34)18-17-22-7-13-25(14-8-22)32-21(3)27(20(2)29-32)23-9-11-24(12-10-23)30-39(4,35)36/h5-16,30H,17-18H2,1-4H3,(H,33,34). The van der Waals surface area contributed by atoms with Gasteiger partial charge in [0.1, 0.15) is 0 Å². The third kappa shape index (κ3) is 6.35. The van der Waals surface area contributed by atoms with E-state index in [4.69, 9.17) is 0 Å². The lowest BCUT2D eigenvalue weighted by atomic mass is 10.0. The van der Waals surface area contributed by atoms with E-state index >= 15 is 0 Å². The molecule has 4 rings (SSSR count). The molecular weight excluding hydrogens is 552 g/mol. The van der Waals surface area contributed by atoms with Crippen LogP contribution in [0.5, 0.6) is 0 Å².